The minimum absolute atomic E-state index is 0. The molecule has 0 unspecified atom stereocenters. The van der Waals surface area contributed by atoms with Crippen LogP contribution in [0, 0.1) is 10.5 Å². The average molecular weight is 447 g/mol. The molecule has 0 saturated heterocycles. The molecule has 0 amide bonds. The first-order chi connectivity index (χ1) is 10.1. The summed E-state index contributed by atoms with van der Waals surface area (Å²) in [5.74, 6) is 0. The molecule has 0 atom stereocenters. The Bertz CT molecular complexity index is 812. The second-order valence-electron chi connectivity index (χ2n) is 4.53. The van der Waals surface area contributed by atoms with Gasteiger partial charge in [-0.1, -0.05) is 11.6 Å². The minimum Gasteiger partial charge on any atom is -0.297 e. The highest BCUT2D eigenvalue weighted by atomic mass is 127. The van der Waals surface area contributed by atoms with Gasteiger partial charge in [0.25, 0.3) is 0 Å². The number of rotatable bonds is 3. The summed E-state index contributed by atoms with van der Waals surface area (Å²) in [5.41, 5.74) is 6.69. The van der Waals surface area contributed by atoms with E-state index >= 15 is 0 Å². The Hall–Kier alpha value is -1.31. The van der Waals surface area contributed by atoms with Gasteiger partial charge in [0.1, 0.15) is 5.65 Å². The van der Waals surface area contributed by atoms with E-state index < -0.39 is 0 Å². The molecule has 4 nitrogen and oxygen atoms in total. The van der Waals surface area contributed by atoms with Crippen molar-refractivity contribution in [2.75, 3.05) is 5.43 Å². The standard InChI is InChI=1S/C15H12ClIN4.ClH/c1-10-14(21-9-12(17)4-7-15(21)19-10)8-18-20-13-5-2-11(16)3-6-13;/h2-9,20H,1H3;1H/b18-8+;. The van der Waals surface area contributed by atoms with Gasteiger partial charge in [-0.05, 0) is 65.9 Å². The van der Waals surface area contributed by atoms with E-state index in [-0.39, 0.29) is 12.4 Å². The van der Waals surface area contributed by atoms with Gasteiger partial charge < -0.3 is 0 Å². The number of nitrogens with zero attached hydrogens (tertiary/aromatic N) is 3. The third kappa shape index (κ3) is 3.71. The summed E-state index contributed by atoms with van der Waals surface area (Å²) in [6, 6.07) is 11.4. The lowest BCUT2D eigenvalue weighted by atomic mass is 10.3. The van der Waals surface area contributed by atoms with Gasteiger partial charge in [-0.25, -0.2) is 4.98 Å². The maximum Gasteiger partial charge on any atom is 0.137 e. The summed E-state index contributed by atoms with van der Waals surface area (Å²) in [4.78, 5) is 4.51. The van der Waals surface area contributed by atoms with Crippen molar-refractivity contribution in [2.24, 2.45) is 5.10 Å². The SMILES string of the molecule is Cc1nc2ccc(I)cn2c1/C=N/Nc1ccc(Cl)cc1.Cl. The number of nitrogens with one attached hydrogen (secondary N) is 1. The van der Waals surface area contributed by atoms with Crippen LogP contribution in [0.2, 0.25) is 5.02 Å². The molecule has 0 aliphatic rings. The third-order valence-electron chi connectivity index (χ3n) is 3.03. The number of halogens is 3. The van der Waals surface area contributed by atoms with E-state index in [1.54, 1.807) is 6.21 Å². The number of pyridine rings is 1. The molecule has 0 spiro atoms. The molecule has 0 saturated carbocycles. The van der Waals surface area contributed by atoms with E-state index in [2.05, 4.69) is 38.1 Å². The maximum atomic E-state index is 5.85. The van der Waals surface area contributed by atoms with Gasteiger partial charge in [0.05, 0.1) is 23.3 Å². The van der Waals surface area contributed by atoms with E-state index in [0.717, 1.165) is 26.3 Å². The van der Waals surface area contributed by atoms with Crippen LogP contribution in [-0.2, 0) is 0 Å². The van der Waals surface area contributed by atoms with Crippen LogP contribution in [0.3, 0.4) is 0 Å². The lowest BCUT2D eigenvalue weighted by Crippen LogP contribution is -1.96. The lowest BCUT2D eigenvalue weighted by Gasteiger charge is -2.01. The fourth-order valence-electron chi connectivity index (χ4n) is 2.00. The molecule has 2 aromatic heterocycles. The highest BCUT2D eigenvalue weighted by molar-refractivity contribution is 14.1. The van der Waals surface area contributed by atoms with Crippen molar-refractivity contribution in [3.05, 3.63) is 62.6 Å². The summed E-state index contributed by atoms with van der Waals surface area (Å²) in [6.45, 7) is 1.98. The number of hydrogen-bond acceptors (Lipinski definition) is 3. The van der Waals surface area contributed by atoms with Gasteiger partial charge in [-0.15, -0.1) is 12.4 Å². The number of imidazole rings is 1. The molecule has 0 bridgehead atoms. The van der Waals surface area contributed by atoms with Crippen molar-refractivity contribution in [3.63, 3.8) is 0 Å². The molecule has 7 heteroatoms. The van der Waals surface area contributed by atoms with Gasteiger partial charge in [-0.3, -0.25) is 9.83 Å². The second-order valence-corrected chi connectivity index (χ2v) is 6.22. The number of benzene rings is 1. The summed E-state index contributed by atoms with van der Waals surface area (Å²) in [5, 5.41) is 4.98. The molecular weight excluding hydrogens is 434 g/mol. The first kappa shape index (κ1) is 17.1. The van der Waals surface area contributed by atoms with Crippen LogP contribution in [0.5, 0.6) is 0 Å². The Kier molecular flexibility index (Phi) is 5.66. The number of hydrazone groups is 1. The molecular formula is C15H13Cl2IN4. The van der Waals surface area contributed by atoms with Gasteiger partial charge in [0, 0.05) is 14.8 Å². The molecule has 2 heterocycles. The monoisotopic (exact) mass is 446 g/mol. The normalized spacial score (nSPS) is 10.9. The molecule has 1 aromatic carbocycles. The number of aromatic nitrogens is 2. The van der Waals surface area contributed by atoms with Crippen molar-refractivity contribution in [1.82, 2.24) is 9.38 Å². The highest BCUT2D eigenvalue weighted by Gasteiger charge is 2.06. The Morgan fingerprint density at radius 2 is 1.95 bits per heavy atom. The fraction of sp³-hybridized carbons (Fsp3) is 0.0667. The molecule has 0 aliphatic carbocycles. The van der Waals surface area contributed by atoms with E-state index in [4.69, 9.17) is 11.6 Å². The number of anilines is 1. The Balaban J connectivity index is 0.00000176. The number of aryl methyl sites for hydroxylation is 1. The van der Waals surface area contributed by atoms with Crippen molar-refractivity contribution in [3.8, 4) is 0 Å². The molecule has 0 aliphatic heterocycles. The molecule has 3 rings (SSSR count). The van der Waals surface area contributed by atoms with Crippen LogP contribution in [0.1, 0.15) is 11.4 Å². The summed E-state index contributed by atoms with van der Waals surface area (Å²) < 4.78 is 3.18. The minimum atomic E-state index is 0. The zero-order valence-corrected chi connectivity index (χ0v) is 15.4. The third-order valence-corrected chi connectivity index (χ3v) is 3.92. The van der Waals surface area contributed by atoms with Gasteiger partial charge in [0.2, 0.25) is 0 Å². The second kappa shape index (κ2) is 7.30. The van der Waals surface area contributed by atoms with Gasteiger partial charge >= 0.3 is 0 Å². The van der Waals surface area contributed by atoms with Crippen LogP contribution in [0.25, 0.3) is 5.65 Å². The Labute approximate surface area is 153 Å². The van der Waals surface area contributed by atoms with E-state index in [1.807, 2.05) is 53.9 Å². The van der Waals surface area contributed by atoms with Crippen LogP contribution in [0.15, 0.2) is 47.7 Å². The lowest BCUT2D eigenvalue weighted by molar-refractivity contribution is 1.15. The van der Waals surface area contributed by atoms with Crippen LogP contribution in [0.4, 0.5) is 5.69 Å². The Morgan fingerprint density at radius 3 is 2.68 bits per heavy atom. The van der Waals surface area contributed by atoms with Crippen LogP contribution in [-0.4, -0.2) is 15.6 Å². The molecule has 22 heavy (non-hydrogen) atoms. The zero-order chi connectivity index (χ0) is 14.8. The summed E-state index contributed by atoms with van der Waals surface area (Å²) in [6.07, 6.45) is 3.82. The largest absolute Gasteiger partial charge is 0.297 e. The topological polar surface area (TPSA) is 41.7 Å². The summed E-state index contributed by atoms with van der Waals surface area (Å²) in [7, 11) is 0. The zero-order valence-electron chi connectivity index (χ0n) is 11.6. The molecule has 0 radical (unpaired) electrons. The first-order valence-corrected chi connectivity index (χ1v) is 7.78. The van der Waals surface area contributed by atoms with Crippen LogP contribution < -0.4 is 5.43 Å². The van der Waals surface area contributed by atoms with E-state index in [0.29, 0.717) is 5.02 Å². The van der Waals surface area contributed by atoms with Gasteiger partial charge in [0.15, 0.2) is 0 Å². The first-order valence-electron chi connectivity index (χ1n) is 6.32. The molecule has 3 aromatic rings. The predicted molar refractivity (Wildman–Crippen MR) is 103 cm³/mol. The number of hydrogen-bond donors (Lipinski definition) is 1. The quantitative estimate of drug-likeness (QED) is 0.357. The number of fused-ring (bicyclic) bond motifs is 1. The van der Waals surface area contributed by atoms with Crippen molar-refractivity contribution >= 4 is 64.1 Å². The smallest absolute Gasteiger partial charge is 0.137 e. The molecule has 0 fully saturated rings. The van der Waals surface area contributed by atoms with Crippen LogP contribution >= 0.6 is 46.6 Å². The fourth-order valence-corrected chi connectivity index (χ4v) is 2.59. The predicted octanol–water partition coefficient (Wildman–Crippen LogP) is 4.77. The van der Waals surface area contributed by atoms with Crippen molar-refractivity contribution in [2.45, 2.75) is 6.92 Å². The van der Waals surface area contributed by atoms with E-state index in [9.17, 15) is 0 Å². The van der Waals surface area contributed by atoms with Crippen molar-refractivity contribution in [1.29, 1.82) is 0 Å². The molecule has 114 valence electrons. The average Bonchev–Trinajstić information content (AvgIpc) is 2.77. The highest BCUT2D eigenvalue weighted by Crippen LogP contribution is 2.15. The summed E-state index contributed by atoms with van der Waals surface area (Å²) >= 11 is 8.13. The maximum absolute atomic E-state index is 5.85. The van der Waals surface area contributed by atoms with Gasteiger partial charge in [-0.2, -0.15) is 5.10 Å². The molecule has 1 N–H and O–H groups in total. The Morgan fingerprint density at radius 1 is 1.23 bits per heavy atom. The van der Waals surface area contributed by atoms with E-state index in [1.165, 1.54) is 0 Å². The van der Waals surface area contributed by atoms with Crippen molar-refractivity contribution < 1.29 is 0 Å².